The molecule has 1 unspecified atom stereocenters. The summed E-state index contributed by atoms with van der Waals surface area (Å²) in [6.07, 6.45) is 2.17. The van der Waals surface area contributed by atoms with Crippen molar-refractivity contribution in [1.29, 1.82) is 0 Å². The summed E-state index contributed by atoms with van der Waals surface area (Å²) < 4.78 is 6.08. The van der Waals surface area contributed by atoms with Crippen LogP contribution in [0.15, 0.2) is 24.3 Å². The van der Waals surface area contributed by atoms with Crippen molar-refractivity contribution in [3.05, 3.63) is 35.4 Å². The lowest BCUT2D eigenvalue weighted by Gasteiger charge is -2.28. The van der Waals surface area contributed by atoms with Crippen LogP contribution in [-0.4, -0.2) is 18.8 Å². The third-order valence-corrected chi connectivity index (χ3v) is 3.70. The normalized spacial score (nSPS) is 13.5. The van der Waals surface area contributed by atoms with Crippen molar-refractivity contribution in [3.8, 4) is 0 Å². The average Bonchev–Trinajstić information content (AvgIpc) is 2.40. The standard InChI is InChI=1S/C17H29NO/c1-6-12-18-16(13-19-17(4,5)7-2)15-11-9-8-10-14(15)3/h8-11,16,18H,6-7,12-13H2,1-5H3. The molecule has 0 spiro atoms. The van der Waals surface area contributed by atoms with Crippen molar-refractivity contribution >= 4 is 0 Å². The molecule has 1 aromatic carbocycles. The summed E-state index contributed by atoms with van der Waals surface area (Å²) in [5, 5.41) is 3.60. The van der Waals surface area contributed by atoms with Crippen LogP contribution in [0.25, 0.3) is 0 Å². The number of aryl methyl sites for hydroxylation is 1. The minimum absolute atomic E-state index is 0.0468. The van der Waals surface area contributed by atoms with Crippen molar-refractivity contribution < 1.29 is 4.74 Å². The number of rotatable bonds is 8. The molecule has 1 rings (SSSR count). The molecule has 0 radical (unpaired) electrons. The van der Waals surface area contributed by atoms with Gasteiger partial charge in [-0.25, -0.2) is 0 Å². The first-order valence-electron chi connectivity index (χ1n) is 7.43. The van der Waals surface area contributed by atoms with Gasteiger partial charge in [0, 0.05) is 0 Å². The van der Waals surface area contributed by atoms with Gasteiger partial charge in [-0.15, -0.1) is 0 Å². The van der Waals surface area contributed by atoms with Gasteiger partial charge in [-0.2, -0.15) is 0 Å². The van der Waals surface area contributed by atoms with Crippen LogP contribution in [0.2, 0.25) is 0 Å². The van der Waals surface area contributed by atoms with Gasteiger partial charge >= 0.3 is 0 Å². The molecule has 0 fully saturated rings. The summed E-state index contributed by atoms with van der Waals surface area (Å²) >= 11 is 0. The van der Waals surface area contributed by atoms with E-state index in [0.29, 0.717) is 0 Å². The molecule has 0 bridgehead atoms. The van der Waals surface area contributed by atoms with E-state index in [4.69, 9.17) is 4.74 Å². The van der Waals surface area contributed by atoms with Crippen molar-refractivity contribution in [2.45, 2.75) is 59.1 Å². The molecule has 0 aromatic heterocycles. The lowest BCUT2D eigenvalue weighted by Crippen LogP contribution is -2.32. The Morgan fingerprint density at radius 2 is 1.89 bits per heavy atom. The van der Waals surface area contributed by atoms with E-state index in [2.05, 4.69) is 64.2 Å². The first-order valence-corrected chi connectivity index (χ1v) is 7.43. The summed E-state index contributed by atoms with van der Waals surface area (Å²) in [6.45, 7) is 12.6. The Hall–Kier alpha value is -0.860. The van der Waals surface area contributed by atoms with Crippen LogP contribution in [0.5, 0.6) is 0 Å². The van der Waals surface area contributed by atoms with Crippen molar-refractivity contribution in [2.24, 2.45) is 0 Å². The second-order valence-electron chi connectivity index (χ2n) is 5.79. The molecular weight excluding hydrogens is 234 g/mol. The summed E-state index contributed by atoms with van der Waals surface area (Å²) in [5.41, 5.74) is 2.63. The molecule has 2 nitrogen and oxygen atoms in total. The minimum Gasteiger partial charge on any atom is -0.374 e. The summed E-state index contributed by atoms with van der Waals surface area (Å²) in [6, 6.07) is 8.85. The predicted molar refractivity (Wildman–Crippen MR) is 82.5 cm³/mol. The maximum absolute atomic E-state index is 6.08. The lowest BCUT2D eigenvalue weighted by molar-refractivity contribution is -0.0308. The molecule has 1 aromatic rings. The van der Waals surface area contributed by atoms with E-state index in [9.17, 15) is 0 Å². The monoisotopic (exact) mass is 263 g/mol. The van der Waals surface area contributed by atoms with Crippen LogP contribution in [0.4, 0.5) is 0 Å². The average molecular weight is 263 g/mol. The first kappa shape index (κ1) is 16.2. The van der Waals surface area contributed by atoms with Gasteiger partial charge < -0.3 is 10.1 Å². The molecule has 108 valence electrons. The smallest absolute Gasteiger partial charge is 0.0668 e. The molecule has 0 saturated carbocycles. The predicted octanol–water partition coefficient (Wildman–Crippen LogP) is 4.24. The zero-order valence-electron chi connectivity index (χ0n) is 13.1. The molecule has 0 aliphatic rings. The Morgan fingerprint density at radius 1 is 1.21 bits per heavy atom. The van der Waals surface area contributed by atoms with Gasteiger partial charge in [0.25, 0.3) is 0 Å². The highest BCUT2D eigenvalue weighted by molar-refractivity contribution is 5.28. The van der Waals surface area contributed by atoms with Crippen LogP contribution >= 0.6 is 0 Å². The Bertz CT molecular complexity index is 373. The van der Waals surface area contributed by atoms with Gasteiger partial charge in [0.05, 0.1) is 18.2 Å². The van der Waals surface area contributed by atoms with E-state index in [-0.39, 0.29) is 11.6 Å². The van der Waals surface area contributed by atoms with E-state index in [1.165, 1.54) is 11.1 Å². The second-order valence-corrected chi connectivity index (χ2v) is 5.79. The molecule has 0 heterocycles. The van der Waals surface area contributed by atoms with Gasteiger partial charge in [-0.1, -0.05) is 38.1 Å². The highest BCUT2D eigenvalue weighted by atomic mass is 16.5. The fourth-order valence-electron chi connectivity index (χ4n) is 1.97. The fraction of sp³-hybridized carbons (Fsp3) is 0.647. The molecule has 2 heteroatoms. The summed E-state index contributed by atoms with van der Waals surface area (Å²) in [4.78, 5) is 0. The van der Waals surface area contributed by atoms with E-state index in [1.54, 1.807) is 0 Å². The number of hydrogen-bond acceptors (Lipinski definition) is 2. The Morgan fingerprint density at radius 3 is 2.47 bits per heavy atom. The van der Waals surface area contributed by atoms with Crippen LogP contribution in [0.3, 0.4) is 0 Å². The van der Waals surface area contributed by atoms with E-state index < -0.39 is 0 Å². The molecular formula is C17H29NO. The molecule has 19 heavy (non-hydrogen) atoms. The van der Waals surface area contributed by atoms with Gasteiger partial charge in [-0.05, 0) is 51.3 Å². The van der Waals surface area contributed by atoms with Crippen LogP contribution < -0.4 is 5.32 Å². The third kappa shape index (κ3) is 5.33. The Balaban J connectivity index is 2.75. The van der Waals surface area contributed by atoms with E-state index in [0.717, 1.165) is 26.0 Å². The summed E-state index contributed by atoms with van der Waals surface area (Å²) in [7, 11) is 0. The van der Waals surface area contributed by atoms with Gasteiger partial charge in [-0.3, -0.25) is 0 Å². The van der Waals surface area contributed by atoms with Gasteiger partial charge in [0.1, 0.15) is 0 Å². The Kier molecular flexibility index (Phi) is 6.53. The van der Waals surface area contributed by atoms with E-state index >= 15 is 0 Å². The first-order chi connectivity index (χ1) is 9.00. The number of benzene rings is 1. The lowest BCUT2D eigenvalue weighted by atomic mass is 10.0. The van der Waals surface area contributed by atoms with Crippen LogP contribution in [-0.2, 0) is 4.74 Å². The quantitative estimate of drug-likeness (QED) is 0.757. The number of nitrogens with one attached hydrogen (secondary N) is 1. The number of hydrogen-bond donors (Lipinski definition) is 1. The fourth-order valence-corrected chi connectivity index (χ4v) is 1.97. The largest absolute Gasteiger partial charge is 0.374 e. The molecule has 0 aliphatic heterocycles. The highest BCUT2D eigenvalue weighted by Crippen LogP contribution is 2.21. The third-order valence-electron chi connectivity index (χ3n) is 3.70. The number of ether oxygens (including phenoxy) is 1. The van der Waals surface area contributed by atoms with Crippen molar-refractivity contribution in [1.82, 2.24) is 5.32 Å². The zero-order chi connectivity index (χ0) is 14.3. The molecule has 0 saturated heterocycles. The van der Waals surface area contributed by atoms with E-state index in [1.807, 2.05) is 0 Å². The summed E-state index contributed by atoms with van der Waals surface area (Å²) in [5.74, 6) is 0. The van der Waals surface area contributed by atoms with Crippen molar-refractivity contribution in [2.75, 3.05) is 13.2 Å². The molecule has 1 atom stereocenters. The topological polar surface area (TPSA) is 21.3 Å². The Labute approximate surface area is 118 Å². The molecule has 0 aliphatic carbocycles. The SMILES string of the molecule is CCCNC(COC(C)(C)CC)c1ccccc1C. The minimum atomic E-state index is -0.0468. The van der Waals surface area contributed by atoms with Crippen LogP contribution in [0.1, 0.15) is 57.7 Å². The maximum Gasteiger partial charge on any atom is 0.0668 e. The maximum atomic E-state index is 6.08. The highest BCUT2D eigenvalue weighted by Gasteiger charge is 2.20. The van der Waals surface area contributed by atoms with Crippen LogP contribution in [0, 0.1) is 6.92 Å². The molecule has 0 amide bonds. The van der Waals surface area contributed by atoms with Gasteiger partial charge in [0.2, 0.25) is 0 Å². The van der Waals surface area contributed by atoms with Gasteiger partial charge in [0.15, 0.2) is 0 Å². The second kappa shape index (κ2) is 7.66. The van der Waals surface area contributed by atoms with Crippen molar-refractivity contribution in [3.63, 3.8) is 0 Å². The molecule has 1 N–H and O–H groups in total. The zero-order valence-corrected chi connectivity index (χ0v) is 13.1.